The number of nitrogens with zero attached hydrogens (tertiary/aromatic N) is 2. The number of benzene rings is 1. The number of unbranched alkanes of at least 4 members (excludes halogenated alkanes) is 1. The molecule has 2 aliphatic rings. The molecule has 0 bridgehead atoms. The smallest absolute Gasteiger partial charge is 0.0367 e. The molecule has 1 aromatic rings. The van der Waals surface area contributed by atoms with Gasteiger partial charge >= 0.3 is 0 Å². The third-order valence-electron chi connectivity index (χ3n) is 5.70. The first-order valence-electron chi connectivity index (χ1n) is 9.73. The molecule has 1 aliphatic heterocycles. The molecule has 0 aromatic heterocycles. The summed E-state index contributed by atoms with van der Waals surface area (Å²) in [4.78, 5) is 5.44. The molecule has 2 unspecified atom stereocenters. The zero-order valence-corrected chi connectivity index (χ0v) is 15.3. The van der Waals surface area contributed by atoms with Crippen molar-refractivity contribution in [1.82, 2.24) is 4.90 Å². The number of hydrogen-bond acceptors (Lipinski definition) is 2. The zero-order chi connectivity index (χ0) is 16.2. The van der Waals surface area contributed by atoms with Gasteiger partial charge in [-0.25, -0.2) is 0 Å². The molecule has 0 radical (unpaired) electrons. The van der Waals surface area contributed by atoms with Crippen LogP contribution in [0.15, 0.2) is 24.3 Å². The molecular weight excluding hydrogens is 280 g/mol. The lowest BCUT2D eigenvalue weighted by Gasteiger charge is -2.44. The summed E-state index contributed by atoms with van der Waals surface area (Å²) in [7, 11) is 0. The van der Waals surface area contributed by atoms with Gasteiger partial charge in [0.2, 0.25) is 0 Å². The Balaban J connectivity index is 1.60. The van der Waals surface area contributed by atoms with E-state index in [0.29, 0.717) is 0 Å². The van der Waals surface area contributed by atoms with Crippen LogP contribution in [0.1, 0.15) is 51.5 Å². The molecule has 23 heavy (non-hydrogen) atoms. The second-order valence-corrected chi connectivity index (χ2v) is 7.93. The fourth-order valence-corrected chi connectivity index (χ4v) is 4.04. The van der Waals surface area contributed by atoms with Crippen molar-refractivity contribution >= 4 is 5.69 Å². The molecule has 3 rings (SSSR count). The summed E-state index contributed by atoms with van der Waals surface area (Å²) in [6.45, 7) is 11.9. The van der Waals surface area contributed by atoms with E-state index in [-0.39, 0.29) is 0 Å². The second-order valence-electron chi connectivity index (χ2n) is 7.93. The van der Waals surface area contributed by atoms with Crippen molar-refractivity contribution in [2.75, 3.05) is 31.1 Å². The maximum absolute atomic E-state index is 2.82. The fourth-order valence-electron chi connectivity index (χ4n) is 4.04. The summed E-state index contributed by atoms with van der Waals surface area (Å²) in [5.41, 5.74) is 2.77. The highest BCUT2D eigenvalue weighted by Gasteiger charge is 2.39. The number of piperazine rings is 1. The standard InChI is InChI=1S/C21H34N2/c1-4-5-6-18(3)15-23-14-13-22(16-21(23)19-9-10-19)20-11-7-17(2)8-12-20/h7-8,11-12,18-19,21H,4-6,9-10,13-16H2,1-3H3. The van der Waals surface area contributed by atoms with Crippen LogP contribution in [0.4, 0.5) is 5.69 Å². The molecule has 1 aliphatic carbocycles. The first kappa shape index (κ1) is 16.8. The van der Waals surface area contributed by atoms with Crippen LogP contribution in [0.2, 0.25) is 0 Å². The predicted molar refractivity (Wildman–Crippen MR) is 100 cm³/mol. The Bertz CT molecular complexity index is 477. The van der Waals surface area contributed by atoms with E-state index in [2.05, 4.69) is 54.8 Å². The summed E-state index contributed by atoms with van der Waals surface area (Å²) >= 11 is 0. The minimum atomic E-state index is 0.786. The Labute approximate surface area is 142 Å². The van der Waals surface area contributed by atoms with Crippen LogP contribution in [0.3, 0.4) is 0 Å². The van der Waals surface area contributed by atoms with Crippen molar-refractivity contribution in [3.63, 3.8) is 0 Å². The van der Waals surface area contributed by atoms with Gasteiger partial charge in [0, 0.05) is 37.9 Å². The Kier molecular flexibility index (Phi) is 5.63. The molecule has 2 fully saturated rings. The Hall–Kier alpha value is -1.02. The number of rotatable bonds is 7. The molecule has 0 N–H and O–H groups in total. The topological polar surface area (TPSA) is 6.48 Å². The van der Waals surface area contributed by atoms with Gasteiger partial charge < -0.3 is 4.90 Å². The number of anilines is 1. The van der Waals surface area contributed by atoms with Crippen LogP contribution < -0.4 is 4.90 Å². The molecule has 0 amide bonds. The fraction of sp³-hybridized carbons (Fsp3) is 0.714. The van der Waals surface area contributed by atoms with Gasteiger partial charge in [-0.15, -0.1) is 0 Å². The van der Waals surface area contributed by atoms with Gasteiger partial charge in [0.1, 0.15) is 0 Å². The highest BCUT2D eigenvalue weighted by molar-refractivity contribution is 5.48. The molecule has 1 aromatic carbocycles. The lowest BCUT2D eigenvalue weighted by Crippen LogP contribution is -2.55. The van der Waals surface area contributed by atoms with Gasteiger partial charge in [0.15, 0.2) is 0 Å². The van der Waals surface area contributed by atoms with Crippen LogP contribution in [0.25, 0.3) is 0 Å². The summed E-state index contributed by atoms with van der Waals surface area (Å²) in [6.07, 6.45) is 7.01. The monoisotopic (exact) mass is 314 g/mol. The zero-order valence-electron chi connectivity index (χ0n) is 15.3. The average Bonchev–Trinajstić information content (AvgIpc) is 3.39. The van der Waals surface area contributed by atoms with Gasteiger partial charge in [-0.3, -0.25) is 4.90 Å². The van der Waals surface area contributed by atoms with E-state index < -0.39 is 0 Å². The molecule has 1 saturated carbocycles. The third-order valence-corrected chi connectivity index (χ3v) is 5.70. The first-order valence-corrected chi connectivity index (χ1v) is 9.73. The van der Waals surface area contributed by atoms with E-state index in [9.17, 15) is 0 Å². The SMILES string of the molecule is CCCCC(C)CN1CCN(c2ccc(C)cc2)CC1C1CC1. The maximum atomic E-state index is 2.82. The van der Waals surface area contributed by atoms with E-state index in [1.807, 2.05) is 0 Å². The van der Waals surface area contributed by atoms with Crippen molar-refractivity contribution in [2.24, 2.45) is 11.8 Å². The van der Waals surface area contributed by atoms with Crippen LogP contribution in [0.5, 0.6) is 0 Å². The molecule has 1 saturated heterocycles. The maximum Gasteiger partial charge on any atom is 0.0367 e. The van der Waals surface area contributed by atoms with Gasteiger partial charge in [-0.2, -0.15) is 0 Å². The molecule has 2 nitrogen and oxygen atoms in total. The third kappa shape index (κ3) is 4.50. The van der Waals surface area contributed by atoms with E-state index in [0.717, 1.165) is 17.9 Å². The highest BCUT2D eigenvalue weighted by atomic mass is 15.3. The summed E-state index contributed by atoms with van der Waals surface area (Å²) in [6, 6.07) is 9.90. The Morgan fingerprint density at radius 1 is 1.13 bits per heavy atom. The second kappa shape index (κ2) is 7.70. The minimum absolute atomic E-state index is 0.786. The lowest BCUT2D eigenvalue weighted by atomic mass is 10.00. The van der Waals surface area contributed by atoms with Gasteiger partial charge in [-0.05, 0) is 50.2 Å². The largest absolute Gasteiger partial charge is 0.369 e. The van der Waals surface area contributed by atoms with E-state index in [1.54, 1.807) is 0 Å². The highest BCUT2D eigenvalue weighted by Crippen LogP contribution is 2.38. The Morgan fingerprint density at radius 3 is 2.52 bits per heavy atom. The Morgan fingerprint density at radius 2 is 1.87 bits per heavy atom. The van der Waals surface area contributed by atoms with Crippen LogP contribution >= 0.6 is 0 Å². The molecule has 128 valence electrons. The van der Waals surface area contributed by atoms with E-state index >= 15 is 0 Å². The quantitative estimate of drug-likeness (QED) is 0.718. The van der Waals surface area contributed by atoms with Gasteiger partial charge in [-0.1, -0.05) is 44.4 Å². The van der Waals surface area contributed by atoms with Gasteiger partial charge in [0.05, 0.1) is 0 Å². The number of aryl methyl sites for hydroxylation is 1. The molecule has 2 heteroatoms. The van der Waals surface area contributed by atoms with Crippen molar-refractivity contribution in [3.8, 4) is 0 Å². The summed E-state index contributed by atoms with van der Waals surface area (Å²) < 4.78 is 0. The van der Waals surface area contributed by atoms with Crippen molar-refractivity contribution in [3.05, 3.63) is 29.8 Å². The molecular formula is C21H34N2. The van der Waals surface area contributed by atoms with E-state index in [1.165, 1.54) is 69.5 Å². The van der Waals surface area contributed by atoms with Crippen molar-refractivity contribution < 1.29 is 0 Å². The first-order chi connectivity index (χ1) is 11.2. The minimum Gasteiger partial charge on any atom is -0.369 e. The predicted octanol–water partition coefficient (Wildman–Crippen LogP) is 4.72. The van der Waals surface area contributed by atoms with E-state index in [4.69, 9.17) is 0 Å². The summed E-state index contributed by atoms with van der Waals surface area (Å²) in [5.74, 6) is 1.81. The van der Waals surface area contributed by atoms with Crippen LogP contribution in [0, 0.1) is 18.8 Å². The average molecular weight is 315 g/mol. The molecule has 0 spiro atoms. The molecule has 2 atom stereocenters. The lowest BCUT2D eigenvalue weighted by molar-refractivity contribution is 0.134. The molecule has 1 heterocycles. The van der Waals surface area contributed by atoms with Crippen LogP contribution in [-0.2, 0) is 0 Å². The number of hydrogen-bond donors (Lipinski definition) is 0. The van der Waals surface area contributed by atoms with Crippen LogP contribution in [-0.4, -0.2) is 37.1 Å². The normalized spacial score (nSPS) is 24.0. The van der Waals surface area contributed by atoms with Crippen molar-refractivity contribution in [1.29, 1.82) is 0 Å². The van der Waals surface area contributed by atoms with Gasteiger partial charge in [0.25, 0.3) is 0 Å². The summed E-state index contributed by atoms with van der Waals surface area (Å²) in [5, 5.41) is 0. The van der Waals surface area contributed by atoms with Crippen molar-refractivity contribution in [2.45, 2.75) is 58.9 Å².